The number of pyridine rings is 1. The van der Waals surface area contributed by atoms with E-state index < -0.39 is 0 Å². The Morgan fingerprint density at radius 1 is 1.26 bits per heavy atom. The molecule has 0 bridgehead atoms. The van der Waals surface area contributed by atoms with E-state index in [1.165, 1.54) is 12.8 Å². The van der Waals surface area contributed by atoms with Gasteiger partial charge in [-0.3, -0.25) is 15.8 Å². The molecule has 0 aliphatic carbocycles. The maximum atomic E-state index is 4.64. The van der Waals surface area contributed by atoms with Crippen molar-refractivity contribution in [2.45, 2.75) is 38.6 Å². The van der Waals surface area contributed by atoms with Crippen molar-refractivity contribution in [3.63, 3.8) is 0 Å². The quantitative estimate of drug-likeness (QED) is 0.680. The number of aromatic nitrogens is 3. The van der Waals surface area contributed by atoms with Gasteiger partial charge in [0.15, 0.2) is 5.82 Å². The van der Waals surface area contributed by atoms with Crippen molar-refractivity contribution in [1.82, 2.24) is 25.8 Å². The lowest BCUT2D eigenvalue weighted by Gasteiger charge is -2.11. The van der Waals surface area contributed by atoms with Gasteiger partial charge >= 0.3 is 0 Å². The number of rotatable bonds is 7. The van der Waals surface area contributed by atoms with E-state index in [4.69, 9.17) is 0 Å². The molecule has 1 atom stereocenters. The van der Waals surface area contributed by atoms with E-state index in [1.807, 2.05) is 18.2 Å². The van der Waals surface area contributed by atoms with Gasteiger partial charge in [0.2, 0.25) is 0 Å². The van der Waals surface area contributed by atoms with E-state index in [0.717, 1.165) is 48.8 Å². The maximum absolute atomic E-state index is 4.64. The Balaban J connectivity index is 1.61. The molecule has 0 aromatic carbocycles. The maximum Gasteiger partial charge on any atom is 0.161 e. The summed E-state index contributed by atoms with van der Waals surface area (Å²) in [6, 6.07) is 6.52. The van der Waals surface area contributed by atoms with Crippen LogP contribution in [-0.2, 0) is 6.42 Å². The van der Waals surface area contributed by atoms with Gasteiger partial charge in [0.05, 0.1) is 0 Å². The molecular formula is C17H24N6. The summed E-state index contributed by atoms with van der Waals surface area (Å²) in [7, 11) is 0. The molecule has 0 spiro atoms. The molecule has 23 heavy (non-hydrogen) atoms. The fourth-order valence-corrected chi connectivity index (χ4v) is 2.72. The Labute approximate surface area is 137 Å². The molecule has 3 heterocycles. The fraction of sp³-hybridized carbons (Fsp3) is 0.471. The molecule has 3 N–H and O–H groups in total. The molecule has 0 radical (unpaired) electrons. The molecule has 0 saturated carbocycles. The van der Waals surface area contributed by atoms with Gasteiger partial charge in [0, 0.05) is 48.8 Å². The number of nitrogens with one attached hydrogen (secondary N) is 3. The summed E-state index contributed by atoms with van der Waals surface area (Å²) in [6.07, 6.45) is 7.94. The van der Waals surface area contributed by atoms with Crippen molar-refractivity contribution < 1.29 is 0 Å². The van der Waals surface area contributed by atoms with Crippen LogP contribution in [0.15, 0.2) is 30.6 Å². The predicted molar refractivity (Wildman–Crippen MR) is 91.9 cm³/mol. The fourth-order valence-electron chi connectivity index (χ4n) is 2.72. The van der Waals surface area contributed by atoms with Gasteiger partial charge in [-0.25, -0.2) is 9.97 Å². The zero-order valence-electron chi connectivity index (χ0n) is 13.5. The molecule has 1 aliphatic rings. The van der Waals surface area contributed by atoms with Gasteiger partial charge in [-0.2, -0.15) is 0 Å². The molecule has 1 aliphatic heterocycles. The molecule has 1 fully saturated rings. The van der Waals surface area contributed by atoms with Gasteiger partial charge in [-0.1, -0.05) is 6.92 Å². The lowest BCUT2D eigenvalue weighted by molar-refractivity contribution is 0.511. The standard InChI is InChI=1S/C17H24N6/c1-2-14-12-16(19-8-3-4-15-7-11-20-23-15)22-17(21-14)13-5-9-18-10-6-13/h5-6,9-10,12,15,20,23H,2-4,7-8,11H2,1H3,(H,19,21,22). The minimum Gasteiger partial charge on any atom is -0.370 e. The normalized spacial score (nSPS) is 17.3. The molecule has 1 saturated heterocycles. The third-order valence-corrected chi connectivity index (χ3v) is 4.04. The average Bonchev–Trinajstić information content (AvgIpc) is 3.13. The molecule has 0 amide bonds. The van der Waals surface area contributed by atoms with Crippen LogP contribution in [0.25, 0.3) is 11.4 Å². The molecule has 1 unspecified atom stereocenters. The molecule has 3 rings (SSSR count). The smallest absolute Gasteiger partial charge is 0.161 e. The van der Waals surface area contributed by atoms with Crippen LogP contribution >= 0.6 is 0 Å². The van der Waals surface area contributed by atoms with E-state index in [2.05, 4.69) is 38.0 Å². The van der Waals surface area contributed by atoms with Crippen molar-refractivity contribution in [2.75, 3.05) is 18.4 Å². The zero-order valence-corrected chi connectivity index (χ0v) is 13.5. The van der Waals surface area contributed by atoms with E-state index in [9.17, 15) is 0 Å². The molecule has 6 nitrogen and oxygen atoms in total. The number of hydrogen-bond acceptors (Lipinski definition) is 6. The van der Waals surface area contributed by atoms with E-state index >= 15 is 0 Å². The first-order valence-electron chi connectivity index (χ1n) is 8.36. The largest absolute Gasteiger partial charge is 0.370 e. The van der Waals surface area contributed by atoms with Gasteiger partial charge in [0.25, 0.3) is 0 Å². The summed E-state index contributed by atoms with van der Waals surface area (Å²) in [4.78, 5) is 13.3. The lowest BCUT2D eigenvalue weighted by Crippen LogP contribution is -2.30. The molecule has 2 aromatic rings. The summed E-state index contributed by atoms with van der Waals surface area (Å²) in [5.41, 5.74) is 8.52. The van der Waals surface area contributed by atoms with E-state index in [1.54, 1.807) is 12.4 Å². The minimum atomic E-state index is 0.598. The van der Waals surface area contributed by atoms with Crippen LogP contribution in [0.1, 0.15) is 31.9 Å². The van der Waals surface area contributed by atoms with Crippen LogP contribution in [0.4, 0.5) is 5.82 Å². The number of hydrogen-bond donors (Lipinski definition) is 3. The predicted octanol–water partition coefficient (Wildman–Crippen LogP) is 2.16. The Hall–Kier alpha value is -2.05. The Morgan fingerprint density at radius 3 is 2.87 bits per heavy atom. The highest BCUT2D eigenvalue weighted by Gasteiger charge is 2.12. The SMILES string of the molecule is CCc1cc(NCCCC2CCNN2)nc(-c2ccncc2)n1. The van der Waals surface area contributed by atoms with E-state index in [-0.39, 0.29) is 0 Å². The third kappa shape index (κ3) is 4.46. The molecule has 2 aromatic heterocycles. The van der Waals surface area contributed by atoms with Crippen molar-refractivity contribution in [3.05, 3.63) is 36.3 Å². The number of aryl methyl sites for hydroxylation is 1. The lowest BCUT2D eigenvalue weighted by atomic mass is 10.1. The third-order valence-electron chi connectivity index (χ3n) is 4.04. The Bertz CT molecular complexity index is 610. The van der Waals surface area contributed by atoms with Crippen molar-refractivity contribution in [3.8, 4) is 11.4 Å². The summed E-state index contributed by atoms with van der Waals surface area (Å²) in [5, 5.41) is 3.44. The monoisotopic (exact) mass is 312 g/mol. The van der Waals surface area contributed by atoms with Crippen LogP contribution in [-0.4, -0.2) is 34.1 Å². The summed E-state index contributed by atoms with van der Waals surface area (Å²) < 4.78 is 0. The Kier molecular flexibility index (Phi) is 5.50. The first-order chi connectivity index (χ1) is 11.3. The van der Waals surface area contributed by atoms with Crippen molar-refractivity contribution >= 4 is 5.82 Å². The number of anilines is 1. The molecule has 6 heteroatoms. The molecule has 122 valence electrons. The minimum absolute atomic E-state index is 0.598. The second kappa shape index (κ2) is 7.99. The molecular weight excluding hydrogens is 288 g/mol. The highest BCUT2D eigenvalue weighted by molar-refractivity contribution is 5.56. The first-order valence-corrected chi connectivity index (χ1v) is 8.36. The van der Waals surface area contributed by atoms with Gasteiger partial charge in [-0.05, 0) is 37.8 Å². The van der Waals surface area contributed by atoms with E-state index in [0.29, 0.717) is 6.04 Å². The van der Waals surface area contributed by atoms with Gasteiger partial charge in [-0.15, -0.1) is 0 Å². The van der Waals surface area contributed by atoms with Crippen LogP contribution in [0, 0.1) is 0 Å². The van der Waals surface area contributed by atoms with Crippen LogP contribution in [0.5, 0.6) is 0 Å². The number of nitrogens with zero attached hydrogens (tertiary/aromatic N) is 3. The van der Waals surface area contributed by atoms with Crippen molar-refractivity contribution in [1.29, 1.82) is 0 Å². The van der Waals surface area contributed by atoms with Crippen molar-refractivity contribution in [2.24, 2.45) is 0 Å². The highest BCUT2D eigenvalue weighted by atomic mass is 15.4. The van der Waals surface area contributed by atoms with Gasteiger partial charge in [0.1, 0.15) is 5.82 Å². The summed E-state index contributed by atoms with van der Waals surface area (Å²) >= 11 is 0. The van der Waals surface area contributed by atoms with Crippen LogP contribution in [0.2, 0.25) is 0 Å². The highest BCUT2D eigenvalue weighted by Crippen LogP contribution is 2.17. The summed E-state index contributed by atoms with van der Waals surface area (Å²) in [6.45, 7) is 4.11. The second-order valence-corrected chi connectivity index (χ2v) is 5.78. The topological polar surface area (TPSA) is 74.8 Å². The first kappa shape index (κ1) is 15.8. The Morgan fingerprint density at radius 2 is 2.13 bits per heavy atom. The summed E-state index contributed by atoms with van der Waals surface area (Å²) in [5.74, 6) is 1.66. The zero-order chi connectivity index (χ0) is 15.9. The second-order valence-electron chi connectivity index (χ2n) is 5.78. The number of hydrazine groups is 1. The van der Waals surface area contributed by atoms with Gasteiger partial charge < -0.3 is 5.32 Å². The van der Waals surface area contributed by atoms with Crippen LogP contribution < -0.4 is 16.2 Å². The average molecular weight is 312 g/mol. The van der Waals surface area contributed by atoms with Crippen LogP contribution in [0.3, 0.4) is 0 Å².